The van der Waals surface area contributed by atoms with Gasteiger partial charge in [0.25, 0.3) is 0 Å². The number of aldehydes is 1. The quantitative estimate of drug-likeness (QED) is 0.515. The van der Waals surface area contributed by atoms with Gasteiger partial charge in [0.05, 0.1) is 19.4 Å². The molecular formula is C6H13NO2. The van der Waals surface area contributed by atoms with Gasteiger partial charge < -0.3 is 9.53 Å². The van der Waals surface area contributed by atoms with Gasteiger partial charge in [-0.05, 0) is 0 Å². The van der Waals surface area contributed by atoms with Crippen LogP contribution in [0.15, 0.2) is 0 Å². The van der Waals surface area contributed by atoms with Crippen LogP contribution in [-0.4, -0.2) is 25.7 Å². The Morgan fingerprint density at radius 2 is 2.33 bits per heavy atom. The summed E-state index contributed by atoms with van der Waals surface area (Å²) in [6, 6.07) is -0.0556. The van der Waals surface area contributed by atoms with E-state index in [1.165, 1.54) is 0 Å². The van der Waals surface area contributed by atoms with E-state index in [1.54, 1.807) is 0 Å². The Hall–Kier alpha value is -0.410. The second kappa shape index (κ2) is 5.72. The van der Waals surface area contributed by atoms with Gasteiger partial charge in [0.15, 0.2) is 0 Å². The number of rotatable bonds is 1. The topological polar surface area (TPSA) is 38.3 Å². The lowest BCUT2D eigenvalue weighted by molar-refractivity contribution is -0.109. The molecule has 0 spiro atoms. The fourth-order valence-electron chi connectivity index (χ4n) is 0.498. The number of hydrogen-bond donors (Lipinski definition) is 1. The Morgan fingerprint density at radius 1 is 1.67 bits per heavy atom. The molecule has 0 saturated carbocycles. The molecule has 1 fully saturated rings. The predicted molar refractivity (Wildman–Crippen MR) is 35.2 cm³/mol. The molecule has 0 aromatic carbocycles. The molecule has 1 rings (SSSR count). The highest BCUT2D eigenvalue weighted by molar-refractivity contribution is 5.57. The van der Waals surface area contributed by atoms with E-state index in [9.17, 15) is 4.79 Å². The zero-order chi connectivity index (χ0) is 7.11. The Labute approximate surface area is 55.4 Å². The minimum Gasteiger partial charge on any atom is -0.364 e. The van der Waals surface area contributed by atoms with Crippen molar-refractivity contribution in [2.75, 3.05) is 13.3 Å². The van der Waals surface area contributed by atoms with Crippen molar-refractivity contribution in [3.8, 4) is 0 Å². The van der Waals surface area contributed by atoms with Crippen LogP contribution in [0.5, 0.6) is 0 Å². The largest absolute Gasteiger partial charge is 0.364 e. The zero-order valence-corrected chi connectivity index (χ0v) is 5.89. The van der Waals surface area contributed by atoms with E-state index in [-0.39, 0.29) is 6.04 Å². The predicted octanol–water partition coefficient (Wildman–Crippen LogP) is 0.157. The standard InChI is InChI=1S/C4H7NO2.C2H6/c6-1-4-2-7-3-5-4;1-2/h1,4-5H,2-3H2;1-2H3/t4-;/m1./s1. The molecule has 1 N–H and O–H groups in total. The normalized spacial score (nSPS) is 24.4. The van der Waals surface area contributed by atoms with Crippen LogP contribution in [0.4, 0.5) is 0 Å². The molecule has 3 nitrogen and oxygen atoms in total. The van der Waals surface area contributed by atoms with Crippen LogP contribution in [0.2, 0.25) is 0 Å². The van der Waals surface area contributed by atoms with E-state index in [1.807, 2.05) is 13.8 Å². The second-order valence-corrected chi connectivity index (χ2v) is 1.46. The summed E-state index contributed by atoms with van der Waals surface area (Å²) in [5, 5.41) is 2.82. The highest BCUT2D eigenvalue weighted by Gasteiger charge is 2.11. The highest BCUT2D eigenvalue weighted by Crippen LogP contribution is 1.87. The van der Waals surface area contributed by atoms with E-state index in [0.717, 1.165) is 6.29 Å². The molecule has 1 aliphatic heterocycles. The first kappa shape index (κ1) is 8.59. The van der Waals surface area contributed by atoms with Crippen LogP contribution in [0.25, 0.3) is 0 Å². The lowest BCUT2D eigenvalue weighted by Gasteiger charge is -1.90. The molecule has 0 amide bonds. The zero-order valence-electron chi connectivity index (χ0n) is 5.89. The molecule has 3 heteroatoms. The van der Waals surface area contributed by atoms with Gasteiger partial charge in [-0.2, -0.15) is 0 Å². The first-order valence-corrected chi connectivity index (χ1v) is 3.20. The van der Waals surface area contributed by atoms with Gasteiger partial charge in [-0.15, -0.1) is 0 Å². The van der Waals surface area contributed by atoms with Crippen LogP contribution in [-0.2, 0) is 9.53 Å². The monoisotopic (exact) mass is 131 g/mol. The molecule has 0 aliphatic carbocycles. The molecule has 9 heavy (non-hydrogen) atoms. The summed E-state index contributed by atoms with van der Waals surface area (Å²) in [6.07, 6.45) is 0.854. The van der Waals surface area contributed by atoms with Gasteiger partial charge in [0.1, 0.15) is 6.29 Å². The first-order valence-electron chi connectivity index (χ1n) is 3.20. The van der Waals surface area contributed by atoms with Crippen molar-refractivity contribution in [1.82, 2.24) is 5.32 Å². The van der Waals surface area contributed by atoms with E-state index in [4.69, 9.17) is 4.74 Å². The minimum absolute atomic E-state index is 0.0556. The van der Waals surface area contributed by atoms with Gasteiger partial charge in [-0.3, -0.25) is 5.32 Å². The van der Waals surface area contributed by atoms with E-state index in [0.29, 0.717) is 13.3 Å². The summed E-state index contributed by atoms with van der Waals surface area (Å²) in [4.78, 5) is 9.86. The Morgan fingerprint density at radius 3 is 2.56 bits per heavy atom. The summed E-state index contributed by atoms with van der Waals surface area (Å²) < 4.78 is 4.81. The number of ether oxygens (including phenoxy) is 1. The van der Waals surface area contributed by atoms with Crippen LogP contribution in [0.3, 0.4) is 0 Å². The third kappa shape index (κ3) is 3.21. The smallest absolute Gasteiger partial charge is 0.139 e. The fourth-order valence-corrected chi connectivity index (χ4v) is 0.498. The minimum atomic E-state index is -0.0556. The van der Waals surface area contributed by atoms with Crippen molar-refractivity contribution in [1.29, 1.82) is 0 Å². The SMILES string of the molecule is CC.O=C[C@@H]1COCN1. The number of nitrogens with one attached hydrogen (secondary N) is 1. The molecule has 54 valence electrons. The van der Waals surface area contributed by atoms with Gasteiger partial charge in [0.2, 0.25) is 0 Å². The fraction of sp³-hybridized carbons (Fsp3) is 0.833. The molecular weight excluding hydrogens is 118 g/mol. The third-order valence-corrected chi connectivity index (χ3v) is 0.909. The third-order valence-electron chi connectivity index (χ3n) is 0.909. The number of carbonyl (C=O) groups is 1. The maximum atomic E-state index is 9.86. The first-order chi connectivity index (χ1) is 4.43. The molecule has 1 saturated heterocycles. The lowest BCUT2D eigenvalue weighted by atomic mass is 10.4. The van der Waals surface area contributed by atoms with Crippen LogP contribution < -0.4 is 5.32 Å². The summed E-state index contributed by atoms with van der Waals surface area (Å²) in [7, 11) is 0. The van der Waals surface area contributed by atoms with Crippen molar-refractivity contribution in [3.05, 3.63) is 0 Å². The molecule has 0 aromatic heterocycles. The molecule has 0 unspecified atom stereocenters. The average molecular weight is 131 g/mol. The van der Waals surface area contributed by atoms with Gasteiger partial charge >= 0.3 is 0 Å². The molecule has 0 aromatic rings. The van der Waals surface area contributed by atoms with Crippen molar-refractivity contribution in [2.24, 2.45) is 0 Å². The Kier molecular flexibility index (Phi) is 5.46. The molecule has 1 heterocycles. The van der Waals surface area contributed by atoms with Crippen molar-refractivity contribution < 1.29 is 9.53 Å². The maximum Gasteiger partial charge on any atom is 0.139 e. The maximum absolute atomic E-state index is 9.86. The van der Waals surface area contributed by atoms with Crippen molar-refractivity contribution >= 4 is 6.29 Å². The number of carbonyl (C=O) groups excluding carboxylic acids is 1. The van der Waals surface area contributed by atoms with E-state index in [2.05, 4.69) is 5.32 Å². The van der Waals surface area contributed by atoms with Gasteiger partial charge in [-0.1, -0.05) is 13.8 Å². The van der Waals surface area contributed by atoms with Gasteiger partial charge in [-0.25, -0.2) is 0 Å². The van der Waals surface area contributed by atoms with Crippen LogP contribution in [0, 0.1) is 0 Å². The summed E-state index contributed by atoms with van der Waals surface area (Å²) in [5.41, 5.74) is 0. The summed E-state index contributed by atoms with van der Waals surface area (Å²) in [6.45, 7) is 5.05. The number of hydrogen-bond acceptors (Lipinski definition) is 3. The summed E-state index contributed by atoms with van der Waals surface area (Å²) >= 11 is 0. The lowest BCUT2D eigenvalue weighted by Crippen LogP contribution is -2.24. The van der Waals surface area contributed by atoms with Crippen molar-refractivity contribution in [3.63, 3.8) is 0 Å². The summed E-state index contributed by atoms with van der Waals surface area (Å²) in [5.74, 6) is 0. The molecule has 1 aliphatic rings. The van der Waals surface area contributed by atoms with Crippen LogP contribution >= 0.6 is 0 Å². The molecule has 0 radical (unpaired) electrons. The highest BCUT2D eigenvalue weighted by atomic mass is 16.5. The van der Waals surface area contributed by atoms with Crippen molar-refractivity contribution in [2.45, 2.75) is 19.9 Å². The molecule has 1 atom stereocenters. The average Bonchev–Trinajstić information content (AvgIpc) is 2.43. The van der Waals surface area contributed by atoms with E-state index >= 15 is 0 Å². The Balaban J connectivity index is 0.000000291. The Bertz CT molecular complexity index is 69.5. The second-order valence-electron chi connectivity index (χ2n) is 1.46. The molecule has 0 bridgehead atoms. The van der Waals surface area contributed by atoms with Crippen LogP contribution in [0.1, 0.15) is 13.8 Å². The van der Waals surface area contributed by atoms with Gasteiger partial charge in [0, 0.05) is 0 Å². The van der Waals surface area contributed by atoms with E-state index < -0.39 is 0 Å².